The van der Waals surface area contributed by atoms with Crippen LogP contribution in [0.2, 0.25) is 0 Å². The van der Waals surface area contributed by atoms with Crippen LogP contribution in [0, 0.1) is 5.82 Å². The van der Waals surface area contributed by atoms with E-state index in [4.69, 9.17) is 0 Å². The van der Waals surface area contributed by atoms with E-state index < -0.39 is 0 Å². The lowest BCUT2D eigenvalue weighted by Gasteiger charge is -2.39. The quantitative estimate of drug-likeness (QED) is 0.840. The van der Waals surface area contributed by atoms with Gasteiger partial charge < -0.3 is 9.80 Å². The van der Waals surface area contributed by atoms with Crippen molar-refractivity contribution in [1.82, 2.24) is 4.90 Å². The van der Waals surface area contributed by atoms with Crippen LogP contribution in [0.25, 0.3) is 0 Å². The fourth-order valence-corrected chi connectivity index (χ4v) is 3.99. The minimum Gasteiger partial charge on any atom is -0.338 e. The summed E-state index contributed by atoms with van der Waals surface area (Å²) >= 11 is 0. The number of para-hydroxylation sites is 2. The van der Waals surface area contributed by atoms with Crippen LogP contribution in [0.1, 0.15) is 19.8 Å². The SMILES string of the molecule is CC(C(=O)N1CCN(c2ccc(F)cc2)c2ccccc21)N1CCCC1. The average Bonchev–Trinajstić information content (AvgIpc) is 3.21. The molecule has 136 valence electrons. The van der Waals surface area contributed by atoms with Gasteiger partial charge in [0.15, 0.2) is 0 Å². The van der Waals surface area contributed by atoms with Gasteiger partial charge in [0.25, 0.3) is 0 Å². The van der Waals surface area contributed by atoms with E-state index in [1.54, 1.807) is 12.1 Å². The van der Waals surface area contributed by atoms with Crippen LogP contribution in [-0.4, -0.2) is 43.0 Å². The Kier molecular flexibility index (Phi) is 4.64. The Morgan fingerprint density at radius 1 is 0.923 bits per heavy atom. The molecule has 4 rings (SSSR count). The van der Waals surface area contributed by atoms with Gasteiger partial charge in [-0.2, -0.15) is 0 Å². The summed E-state index contributed by atoms with van der Waals surface area (Å²) in [5.41, 5.74) is 2.87. The third-order valence-electron chi connectivity index (χ3n) is 5.46. The number of anilines is 3. The zero-order valence-corrected chi connectivity index (χ0v) is 15.1. The van der Waals surface area contributed by atoms with Crippen LogP contribution in [-0.2, 0) is 4.79 Å². The maximum absolute atomic E-state index is 13.3. The molecule has 1 fully saturated rings. The fourth-order valence-electron chi connectivity index (χ4n) is 3.99. The van der Waals surface area contributed by atoms with Crippen molar-refractivity contribution < 1.29 is 9.18 Å². The summed E-state index contributed by atoms with van der Waals surface area (Å²) in [5, 5.41) is 0. The van der Waals surface area contributed by atoms with Crippen LogP contribution < -0.4 is 9.80 Å². The van der Waals surface area contributed by atoms with Crippen molar-refractivity contribution in [3.8, 4) is 0 Å². The first kappa shape index (κ1) is 17.0. The van der Waals surface area contributed by atoms with Crippen molar-refractivity contribution in [1.29, 1.82) is 0 Å². The number of carbonyl (C=O) groups is 1. The van der Waals surface area contributed by atoms with Crippen molar-refractivity contribution in [3.05, 3.63) is 54.3 Å². The highest BCUT2D eigenvalue weighted by atomic mass is 19.1. The van der Waals surface area contributed by atoms with Gasteiger partial charge in [0.2, 0.25) is 5.91 Å². The average molecular weight is 353 g/mol. The molecule has 2 aromatic rings. The standard InChI is InChI=1S/C21H24FN3O/c1-16(23-12-4-5-13-23)21(26)25-15-14-24(18-10-8-17(22)9-11-18)19-6-2-3-7-20(19)25/h2-3,6-11,16H,4-5,12-15H2,1H3. The Morgan fingerprint density at radius 3 is 2.27 bits per heavy atom. The van der Waals surface area contributed by atoms with E-state index in [0.29, 0.717) is 13.1 Å². The molecule has 0 saturated carbocycles. The second kappa shape index (κ2) is 7.08. The van der Waals surface area contributed by atoms with Gasteiger partial charge in [0, 0.05) is 18.8 Å². The lowest BCUT2D eigenvalue weighted by atomic mass is 10.1. The molecule has 0 radical (unpaired) electrons. The topological polar surface area (TPSA) is 26.8 Å². The summed E-state index contributed by atoms with van der Waals surface area (Å²) in [4.78, 5) is 19.5. The van der Waals surface area contributed by atoms with Crippen molar-refractivity contribution in [3.63, 3.8) is 0 Å². The van der Waals surface area contributed by atoms with Gasteiger partial charge in [0.05, 0.1) is 17.4 Å². The monoisotopic (exact) mass is 353 g/mol. The molecule has 1 atom stereocenters. The predicted octanol–water partition coefficient (Wildman–Crippen LogP) is 3.79. The highest BCUT2D eigenvalue weighted by Crippen LogP contribution is 2.38. The van der Waals surface area contributed by atoms with E-state index in [-0.39, 0.29) is 17.8 Å². The van der Waals surface area contributed by atoms with Gasteiger partial charge in [-0.15, -0.1) is 0 Å². The lowest BCUT2D eigenvalue weighted by molar-refractivity contribution is -0.122. The first-order chi connectivity index (χ1) is 12.6. The summed E-state index contributed by atoms with van der Waals surface area (Å²) < 4.78 is 13.3. The number of nitrogens with zero attached hydrogens (tertiary/aromatic N) is 3. The van der Waals surface area contributed by atoms with Gasteiger partial charge in [-0.3, -0.25) is 9.69 Å². The van der Waals surface area contributed by atoms with Crippen LogP contribution >= 0.6 is 0 Å². The maximum Gasteiger partial charge on any atom is 0.244 e. The number of fused-ring (bicyclic) bond motifs is 1. The summed E-state index contributed by atoms with van der Waals surface area (Å²) in [5.74, 6) is -0.0756. The number of amides is 1. The van der Waals surface area contributed by atoms with Crippen molar-refractivity contribution in [2.45, 2.75) is 25.8 Å². The summed E-state index contributed by atoms with van der Waals surface area (Å²) in [7, 11) is 0. The molecule has 0 aromatic heterocycles. The molecule has 1 unspecified atom stereocenters. The first-order valence-corrected chi connectivity index (χ1v) is 9.33. The van der Waals surface area contributed by atoms with Gasteiger partial charge in [-0.1, -0.05) is 12.1 Å². The Balaban J connectivity index is 1.63. The van der Waals surface area contributed by atoms with Crippen LogP contribution in [0.4, 0.5) is 21.5 Å². The van der Waals surface area contributed by atoms with Crippen molar-refractivity contribution in [2.24, 2.45) is 0 Å². The lowest BCUT2D eigenvalue weighted by Crippen LogP contribution is -2.50. The molecule has 2 heterocycles. The van der Waals surface area contributed by atoms with Crippen LogP contribution in [0.3, 0.4) is 0 Å². The Hall–Kier alpha value is -2.40. The smallest absolute Gasteiger partial charge is 0.244 e. The molecule has 4 nitrogen and oxygen atoms in total. The number of benzene rings is 2. The van der Waals surface area contributed by atoms with Gasteiger partial charge in [-0.25, -0.2) is 4.39 Å². The number of hydrogen-bond acceptors (Lipinski definition) is 3. The summed E-state index contributed by atoms with van der Waals surface area (Å²) in [6.45, 7) is 5.35. The van der Waals surface area contributed by atoms with E-state index in [1.807, 2.05) is 36.1 Å². The van der Waals surface area contributed by atoms with Crippen LogP contribution in [0.15, 0.2) is 48.5 Å². The Morgan fingerprint density at radius 2 is 1.58 bits per heavy atom. The van der Waals surface area contributed by atoms with Gasteiger partial charge in [0.1, 0.15) is 5.82 Å². The molecule has 2 aliphatic heterocycles. The molecule has 1 amide bonds. The normalized spacial score (nSPS) is 18.7. The highest BCUT2D eigenvalue weighted by Gasteiger charge is 2.32. The minimum absolute atomic E-state index is 0.0945. The summed E-state index contributed by atoms with van der Waals surface area (Å²) in [6, 6.07) is 14.4. The molecular weight excluding hydrogens is 329 g/mol. The molecule has 26 heavy (non-hydrogen) atoms. The zero-order chi connectivity index (χ0) is 18.1. The van der Waals surface area contributed by atoms with E-state index in [2.05, 4.69) is 9.80 Å². The van der Waals surface area contributed by atoms with Crippen molar-refractivity contribution >= 4 is 23.0 Å². The maximum atomic E-state index is 13.3. The van der Waals surface area contributed by atoms with E-state index >= 15 is 0 Å². The molecule has 2 aromatic carbocycles. The summed E-state index contributed by atoms with van der Waals surface area (Å²) in [6.07, 6.45) is 2.35. The largest absolute Gasteiger partial charge is 0.338 e. The second-order valence-corrected chi connectivity index (χ2v) is 7.03. The Labute approximate surface area is 153 Å². The van der Waals surface area contributed by atoms with E-state index in [9.17, 15) is 9.18 Å². The minimum atomic E-state index is -0.240. The number of hydrogen-bond donors (Lipinski definition) is 0. The number of halogens is 1. The molecule has 0 aliphatic carbocycles. The van der Waals surface area contributed by atoms with E-state index in [0.717, 1.165) is 30.2 Å². The molecule has 2 aliphatic rings. The molecule has 0 spiro atoms. The Bertz CT molecular complexity index is 786. The fraction of sp³-hybridized carbons (Fsp3) is 0.381. The second-order valence-electron chi connectivity index (χ2n) is 7.03. The molecule has 1 saturated heterocycles. The van der Waals surface area contributed by atoms with E-state index in [1.165, 1.54) is 25.0 Å². The molecule has 5 heteroatoms. The number of carbonyl (C=O) groups excluding carboxylic acids is 1. The third-order valence-corrected chi connectivity index (χ3v) is 5.46. The molecular formula is C21H24FN3O. The zero-order valence-electron chi connectivity index (χ0n) is 15.1. The van der Waals surface area contributed by atoms with Crippen molar-refractivity contribution in [2.75, 3.05) is 36.0 Å². The third kappa shape index (κ3) is 3.07. The molecule has 0 bridgehead atoms. The van der Waals surface area contributed by atoms with Crippen LogP contribution in [0.5, 0.6) is 0 Å². The highest BCUT2D eigenvalue weighted by molar-refractivity contribution is 6.01. The first-order valence-electron chi connectivity index (χ1n) is 9.33. The number of rotatable bonds is 3. The molecule has 0 N–H and O–H groups in total. The van der Waals surface area contributed by atoms with Gasteiger partial charge >= 0.3 is 0 Å². The van der Waals surface area contributed by atoms with Gasteiger partial charge in [-0.05, 0) is 69.3 Å². The predicted molar refractivity (Wildman–Crippen MR) is 102 cm³/mol. The number of likely N-dealkylation sites (tertiary alicyclic amines) is 1.